The Labute approximate surface area is 251 Å². The molecule has 0 bridgehead atoms. The van der Waals surface area contributed by atoms with Crippen molar-refractivity contribution in [3.8, 4) is 11.5 Å². The van der Waals surface area contributed by atoms with Crippen LogP contribution in [0.5, 0.6) is 11.5 Å². The molecule has 41 heavy (non-hydrogen) atoms. The maximum Gasteiger partial charge on any atom is 0.250 e. The van der Waals surface area contributed by atoms with E-state index >= 15 is 0 Å². The van der Waals surface area contributed by atoms with Gasteiger partial charge in [0.25, 0.3) is 0 Å². The summed E-state index contributed by atoms with van der Waals surface area (Å²) in [6.07, 6.45) is 1.66. The number of nitrogens with zero attached hydrogens (tertiary/aromatic N) is 5. The molecule has 0 amide bonds. The van der Waals surface area contributed by atoms with Gasteiger partial charge in [-0.3, -0.25) is 0 Å². The van der Waals surface area contributed by atoms with Crippen molar-refractivity contribution in [1.82, 2.24) is 15.0 Å². The van der Waals surface area contributed by atoms with E-state index in [1.165, 1.54) is 0 Å². The smallest absolute Gasteiger partial charge is 0.250 e. The molecule has 0 saturated carbocycles. The van der Waals surface area contributed by atoms with Gasteiger partial charge in [0, 0.05) is 22.6 Å². The Bertz CT molecular complexity index is 1520. The van der Waals surface area contributed by atoms with Crippen LogP contribution in [0.3, 0.4) is 0 Å². The van der Waals surface area contributed by atoms with Crippen molar-refractivity contribution in [2.75, 3.05) is 49.1 Å². The third-order valence-corrected chi connectivity index (χ3v) is 7.28. The van der Waals surface area contributed by atoms with E-state index in [1.807, 2.05) is 72.5 Å². The van der Waals surface area contributed by atoms with E-state index in [0.717, 1.165) is 26.9 Å². The van der Waals surface area contributed by atoms with Gasteiger partial charge in [-0.25, -0.2) is 5.43 Å². The third kappa shape index (κ3) is 7.63. The first-order chi connectivity index (χ1) is 20.0. The molecule has 4 aromatic rings. The number of aromatic nitrogens is 3. The minimum Gasteiger partial charge on any atom is -0.493 e. The minimum atomic E-state index is 0.282. The Morgan fingerprint density at radius 3 is 2.59 bits per heavy atom. The summed E-state index contributed by atoms with van der Waals surface area (Å²) in [6, 6.07) is 19.3. The summed E-state index contributed by atoms with van der Waals surface area (Å²) in [5.74, 6) is 2.39. The molecule has 10 nitrogen and oxygen atoms in total. The molecule has 0 radical (unpaired) electrons. The molecule has 3 aromatic carbocycles. The number of hydrogen-bond donors (Lipinski definition) is 2. The predicted octanol–water partition coefficient (Wildman–Crippen LogP) is 6.21. The monoisotopic (exact) mass is 637 g/mol. The fourth-order valence-corrected chi connectivity index (χ4v) is 4.74. The molecule has 12 heteroatoms. The van der Waals surface area contributed by atoms with E-state index in [9.17, 15) is 0 Å². The number of morpholine rings is 1. The van der Waals surface area contributed by atoms with Crippen molar-refractivity contribution in [1.29, 1.82) is 0 Å². The molecule has 5 rings (SSSR count). The van der Waals surface area contributed by atoms with E-state index in [2.05, 4.69) is 46.7 Å². The maximum absolute atomic E-state index is 6.36. The highest BCUT2D eigenvalue weighted by Crippen LogP contribution is 2.31. The largest absolute Gasteiger partial charge is 0.493 e. The van der Waals surface area contributed by atoms with Gasteiger partial charge in [-0.05, 0) is 69.9 Å². The lowest BCUT2D eigenvalue weighted by atomic mass is 10.2. The van der Waals surface area contributed by atoms with Gasteiger partial charge < -0.3 is 24.4 Å². The molecule has 1 fully saturated rings. The van der Waals surface area contributed by atoms with Crippen molar-refractivity contribution in [2.24, 2.45) is 5.10 Å². The quantitative estimate of drug-likeness (QED) is 0.155. The number of benzene rings is 3. The van der Waals surface area contributed by atoms with Crippen LogP contribution in [-0.2, 0) is 11.3 Å². The summed E-state index contributed by atoms with van der Waals surface area (Å²) in [7, 11) is 1.61. The van der Waals surface area contributed by atoms with Gasteiger partial charge >= 0.3 is 0 Å². The molecule has 1 aliphatic rings. The van der Waals surface area contributed by atoms with E-state index in [0.29, 0.717) is 61.3 Å². The first kappa shape index (κ1) is 28.6. The molecule has 1 saturated heterocycles. The molecule has 1 aromatic heterocycles. The van der Waals surface area contributed by atoms with Gasteiger partial charge in [-0.2, -0.15) is 20.1 Å². The van der Waals surface area contributed by atoms with Crippen LogP contribution >= 0.6 is 27.5 Å². The minimum absolute atomic E-state index is 0.282. The Kier molecular flexibility index (Phi) is 9.50. The van der Waals surface area contributed by atoms with E-state index < -0.39 is 0 Å². The number of ether oxygens (including phenoxy) is 3. The van der Waals surface area contributed by atoms with Crippen LogP contribution < -0.4 is 25.1 Å². The fraction of sp³-hybridized carbons (Fsp3) is 0.241. The number of rotatable bonds is 10. The fourth-order valence-electron chi connectivity index (χ4n) is 4.02. The van der Waals surface area contributed by atoms with Crippen LogP contribution in [0.15, 0.2) is 70.2 Å². The van der Waals surface area contributed by atoms with Gasteiger partial charge in [0.2, 0.25) is 17.8 Å². The van der Waals surface area contributed by atoms with E-state index in [-0.39, 0.29) is 5.95 Å². The number of nitrogens with one attached hydrogen (secondary N) is 2. The summed E-state index contributed by atoms with van der Waals surface area (Å²) >= 11 is 9.94. The van der Waals surface area contributed by atoms with Gasteiger partial charge in [0.15, 0.2) is 11.5 Å². The maximum atomic E-state index is 6.36. The van der Waals surface area contributed by atoms with Gasteiger partial charge in [0.1, 0.15) is 6.61 Å². The van der Waals surface area contributed by atoms with Crippen LogP contribution in [-0.4, -0.2) is 54.6 Å². The van der Waals surface area contributed by atoms with Crippen molar-refractivity contribution >= 4 is 57.3 Å². The molecule has 212 valence electrons. The average molecular weight is 639 g/mol. The second kappa shape index (κ2) is 13.6. The average Bonchev–Trinajstić information content (AvgIpc) is 3.00. The third-order valence-electron chi connectivity index (χ3n) is 6.22. The molecule has 0 spiro atoms. The number of halogens is 2. The molecule has 0 aliphatic carbocycles. The summed E-state index contributed by atoms with van der Waals surface area (Å²) < 4.78 is 17.8. The Morgan fingerprint density at radius 2 is 1.80 bits per heavy atom. The molecular weight excluding hydrogens is 610 g/mol. The summed E-state index contributed by atoms with van der Waals surface area (Å²) in [5.41, 5.74) is 6.50. The SMILES string of the molecule is COc1cc(/C=N/Nc2nc(Nc3cc(Cl)c(C)cc3Br)nc(N3CCOCC3)n2)ccc1OCc1ccccc1. The van der Waals surface area contributed by atoms with Crippen molar-refractivity contribution in [3.05, 3.63) is 86.8 Å². The number of hydrogen-bond acceptors (Lipinski definition) is 10. The highest BCUT2D eigenvalue weighted by molar-refractivity contribution is 9.10. The Morgan fingerprint density at radius 1 is 1.02 bits per heavy atom. The van der Waals surface area contributed by atoms with Crippen molar-refractivity contribution in [2.45, 2.75) is 13.5 Å². The van der Waals surface area contributed by atoms with Crippen LogP contribution in [0.4, 0.5) is 23.5 Å². The second-order valence-electron chi connectivity index (χ2n) is 9.14. The molecule has 0 atom stereocenters. The lowest BCUT2D eigenvalue weighted by Gasteiger charge is -2.27. The van der Waals surface area contributed by atoms with Gasteiger partial charge in [-0.15, -0.1) is 0 Å². The standard InChI is InChI=1S/C29H29BrClN7O3/c1-19-14-22(30)24(16-23(19)31)33-27-34-28(36-29(35-27)38-10-12-40-13-11-38)37-32-17-21-8-9-25(26(15-21)39-2)41-18-20-6-4-3-5-7-20/h3-9,14-17H,10-13,18H2,1-2H3,(H2,33,34,35,36,37)/b32-17+. The molecule has 2 N–H and O–H groups in total. The number of hydrazone groups is 1. The molecule has 1 aliphatic heterocycles. The Hall–Kier alpha value is -3.93. The second-order valence-corrected chi connectivity index (χ2v) is 10.4. The van der Waals surface area contributed by atoms with Crippen LogP contribution in [0, 0.1) is 6.92 Å². The van der Waals surface area contributed by atoms with Gasteiger partial charge in [-0.1, -0.05) is 41.9 Å². The molecule has 2 heterocycles. The lowest BCUT2D eigenvalue weighted by Crippen LogP contribution is -2.37. The topological polar surface area (TPSA) is 106 Å². The first-order valence-corrected chi connectivity index (χ1v) is 14.1. The zero-order chi connectivity index (χ0) is 28.6. The number of aryl methyl sites for hydroxylation is 1. The predicted molar refractivity (Wildman–Crippen MR) is 165 cm³/mol. The van der Waals surface area contributed by atoms with Gasteiger partial charge in [0.05, 0.1) is 32.2 Å². The van der Waals surface area contributed by atoms with Crippen molar-refractivity contribution < 1.29 is 14.2 Å². The highest BCUT2D eigenvalue weighted by Gasteiger charge is 2.17. The van der Waals surface area contributed by atoms with E-state index in [1.54, 1.807) is 13.3 Å². The van der Waals surface area contributed by atoms with Crippen LogP contribution in [0.2, 0.25) is 5.02 Å². The summed E-state index contributed by atoms with van der Waals surface area (Å²) in [4.78, 5) is 15.8. The van der Waals surface area contributed by atoms with E-state index in [4.69, 9.17) is 25.8 Å². The summed E-state index contributed by atoms with van der Waals surface area (Å²) in [6.45, 7) is 4.92. The van der Waals surface area contributed by atoms with Crippen LogP contribution in [0.1, 0.15) is 16.7 Å². The lowest BCUT2D eigenvalue weighted by molar-refractivity contribution is 0.122. The van der Waals surface area contributed by atoms with Crippen LogP contribution in [0.25, 0.3) is 0 Å². The zero-order valence-electron chi connectivity index (χ0n) is 22.6. The summed E-state index contributed by atoms with van der Waals surface area (Å²) in [5, 5.41) is 8.23. The number of methoxy groups -OCH3 is 1. The number of anilines is 4. The Balaban J connectivity index is 1.33. The molecular formula is C29H29BrClN7O3. The first-order valence-electron chi connectivity index (χ1n) is 12.9. The highest BCUT2D eigenvalue weighted by atomic mass is 79.9. The molecule has 0 unspecified atom stereocenters. The normalized spacial score (nSPS) is 13.3. The van der Waals surface area contributed by atoms with Crippen molar-refractivity contribution in [3.63, 3.8) is 0 Å². The zero-order valence-corrected chi connectivity index (χ0v) is 24.9.